The Balaban J connectivity index is 0.000000229. The Hall–Kier alpha value is -4.23. The number of rotatable bonds is 11. The summed E-state index contributed by atoms with van der Waals surface area (Å²) in [5.74, 6) is 1.54. The van der Waals surface area contributed by atoms with Crippen molar-refractivity contribution in [2.45, 2.75) is 45.7 Å². The third-order valence-electron chi connectivity index (χ3n) is 7.38. The van der Waals surface area contributed by atoms with Crippen LogP contribution in [0, 0.1) is 5.92 Å². The molecule has 51 heavy (non-hydrogen) atoms. The van der Waals surface area contributed by atoms with Crippen LogP contribution in [0.5, 0.6) is 23.3 Å². The van der Waals surface area contributed by atoms with Gasteiger partial charge in [-0.3, -0.25) is 4.57 Å². The van der Waals surface area contributed by atoms with Crippen molar-refractivity contribution in [2.24, 2.45) is 5.92 Å². The van der Waals surface area contributed by atoms with Crippen molar-refractivity contribution < 1.29 is 49.4 Å². The predicted molar refractivity (Wildman–Crippen MR) is 181 cm³/mol. The van der Waals surface area contributed by atoms with Crippen LogP contribution in [0.3, 0.4) is 0 Å². The van der Waals surface area contributed by atoms with Crippen molar-refractivity contribution in [3.8, 4) is 23.3 Å². The number of aromatic nitrogens is 2. The first-order valence-electron chi connectivity index (χ1n) is 16.1. The number of hydrogen-bond donors (Lipinski definition) is 1. The number of benzene rings is 2. The van der Waals surface area contributed by atoms with Gasteiger partial charge in [0.05, 0.1) is 30.5 Å². The zero-order valence-electron chi connectivity index (χ0n) is 28.1. The second kappa shape index (κ2) is 17.8. The summed E-state index contributed by atoms with van der Waals surface area (Å²) in [5.41, 5.74) is 1.39. The minimum atomic E-state index is -4.45. The molecule has 1 fully saturated rings. The van der Waals surface area contributed by atoms with Crippen LogP contribution in [-0.4, -0.2) is 36.3 Å². The lowest BCUT2D eigenvalue weighted by molar-refractivity contribution is -0.138. The molecule has 4 aromatic rings. The monoisotopic (exact) mass is 737 g/mol. The Kier molecular flexibility index (Phi) is 13.8. The highest BCUT2D eigenvalue weighted by Crippen LogP contribution is 2.51. The molecule has 1 saturated heterocycles. The highest BCUT2D eigenvalue weighted by atomic mass is 31.2. The van der Waals surface area contributed by atoms with E-state index in [1.165, 1.54) is 11.6 Å². The molecule has 1 N–H and O–H groups in total. The summed E-state index contributed by atoms with van der Waals surface area (Å²) in [6.45, 7) is 8.08. The summed E-state index contributed by atoms with van der Waals surface area (Å²) < 4.78 is 109. The fourth-order valence-electron chi connectivity index (χ4n) is 4.94. The molecule has 0 bridgehead atoms. The molecule has 15 heteroatoms. The molecule has 1 atom stereocenters. The lowest BCUT2D eigenvalue weighted by Gasteiger charge is -2.23. The van der Waals surface area contributed by atoms with Gasteiger partial charge in [0.1, 0.15) is 11.5 Å². The van der Waals surface area contributed by atoms with Gasteiger partial charge < -0.3 is 23.8 Å². The van der Waals surface area contributed by atoms with E-state index in [-0.39, 0.29) is 31.1 Å². The van der Waals surface area contributed by atoms with Gasteiger partial charge in [-0.05, 0) is 80.3 Å². The molecule has 3 heterocycles. The van der Waals surface area contributed by atoms with Gasteiger partial charge in [-0.25, -0.2) is 9.97 Å². The fourth-order valence-corrected chi connectivity index (χ4v) is 6.62. The van der Waals surface area contributed by atoms with E-state index in [4.69, 9.17) is 18.5 Å². The normalized spacial score (nSPS) is 15.9. The highest BCUT2D eigenvalue weighted by molar-refractivity contribution is 7.53. The van der Waals surface area contributed by atoms with Gasteiger partial charge in [0.2, 0.25) is 11.8 Å². The van der Waals surface area contributed by atoms with Gasteiger partial charge >= 0.3 is 19.9 Å². The lowest BCUT2D eigenvalue weighted by Crippen LogP contribution is -2.29. The Morgan fingerprint density at radius 1 is 0.804 bits per heavy atom. The SMILES string of the molecule is CC1CNCC/C1=C\c1cccc(Oc2ccc(C(F)(F)F)cn2)c1.CCOP(=O)(Cc1cccc(Oc2ccc(C(F)(F)F)cn2)c1)OCC. The molecule has 2 aromatic heterocycles. The molecule has 8 nitrogen and oxygen atoms in total. The molecule has 0 aliphatic carbocycles. The van der Waals surface area contributed by atoms with E-state index in [0.29, 0.717) is 29.2 Å². The van der Waals surface area contributed by atoms with E-state index in [2.05, 4.69) is 28.3 Å². The summed E-state index contributed by atoms with van der Waals surface area (Å²) >= 11 is 0. The van der Waals surface area contributed by atoms with Crippen molar-refractivity contribution in [1.29, 1.82) is 0 Å². The standard InChI is InChI=1S/C19H19F3N2O.C17H19F3NO4P/c1-13-11-23-8-7-15(13)9-14-3-2-4-17(10-14)25-18-6-5-16(12-24-18)19(20,21)22;1-3-23-26(22,24-4-2)12-13-6-5-7-15(10-13)25-16-9-8-14(11-21-16)17(18,19)20/h2-6,9-10,12-13,23H,7-8,11H2,1H3;5-11H,3-4,12H2,1-2H3/b15-9+;. The number of hydrogen-bond acceptors (Lipinski definition) is 8. The predicted octanol–water partition coefficient (Wildman–Crippen LogP) is 10.6. The number of halogens is 6. The topological polar surface area (TPSA) is 91.8 Å². The summed E-state index contributed by atoms with van der Waals surface area (Å²) in [4.78, 5) is 7.39. The van der Waals surface area contributed by atoms with Gasteiger partial charge in [-0.1, -0.05) is 42.8 Å². The largest absolute Gasteiger partial charge is 0.439 e. The first kappa shape index (κ1) is 39.6. The molecule has 0 amide bonds. The third-order valence-corrected chi connectivity index (χ3v) is 9.44. The molecular formula is C36H38F6N3O5P. The Morgan fingerprint density at radius 2 is 1.35 bits per heavy atom. The molecule has 1 aliphatic heterocycles. The zero-order valence-corrected chi connectivity index (χ0v) is 29.0. The molecule has 274 valence electrons. The summed E-state index contributed by atoms with van der Waals surface area (Å²) in [5, 5.41) is 3.36. The maximum Gasteiger partial charge on any atom is 0.417 e. The van der Waals surface area contributed by atoms with E-state index >= 15 is 0 Å². The molecule has 0 radical (unpaired) electrons. The number of alkyl halides is 6. The summed E-state index contributed by atoms with van der Waals surface area (Å²) in [7, 11) is -3.26. The quantitative estimate of drug-likeness (QED) is 0.120. The molecule has 5 rings (SSSR count). The Morgan fingerprint density at radius 3 is 1.84 bits per heavy atom. The number of nitrogens with zero attached hydrogens (tertiary/aromatic N) is 2. The van der Waals surface area contributed by atoms with Crippen LogP contribution in [0.4, 0.5) is 26.3 Å². The van der Waals surface area contributed by atoms with Crippen LogP contribution in [0.1, 0.15) is 49.4 Å². The average Bonchev–Trinajstić information content (AvgIpc) is 3.06. The maximum absolute atomic E-state index is 12.6. The van der Waals surface area contributed by atoms with Crippen LogP contribution in [0.15, 0.2) is 90.8 Å². The third kappa shape index (κ3) is 12.5. The average molecular weight is 738 g/mol. The second-order valence-corrected chi connectivity index (χ2v) is 13.4. The molecule has 0 spiro atoms. The van der Waals surface area contributed by atoms with Gasteiger partial charge in [0.15, 0.2) is 0 Å². The molecule has 1 unspecified atom stereocenters. The number of pyridine rings is 2. The van der Waals surface area contributed by atoms with Crippen molar-refractivity contribution in [3.63, 3.8) is 0 Å². The van der Waals surface area contributed by atoms with E-state index in [0.717, 1.165) is 49.5 Å². The molecular weight excluding hydrogens is 699 g/mol. The van der Waals surface area contributed by atoms with Crippen molar-refractivity contribution in [1.82, 2.24) is 15.3 Å². The van der Waals surface area contributed by atoms with Gasteiger partial charge in [0.25, 0.3) is 0 Å². The van der Waals surface area contributed by atoms with Crippen LogP contribution in [0.25, 0.3) is 6.08 Å². The van der Waals surface area contributed by atoms with E-state index in [9.17, 15) is 30.9 Å². The fraction of sp³-hybridized carbons (Fsp3) is 0.333. The highest BCUT2D eigenvalue weighted by Gasteiger charge is 2.31. The first-order chi connectivity index (χ1) is 24.2. The Labute approximate surface area is 292 Å². The summed E-state index contributed by atoms with van der Waals surface area (Å²) in [6, 6.07) is 18.3. The van der Waals surface area contributed by atoms with Crippen molar-refractivity contribution in [2.75, 3.05) is 26.3 Å². The van der Waals surface area contributed by atoms with Gasteiger partial charge in [-0.2, -0.15) is 26.3 Å². The smallest absolute Gasteiger partial charge is 0.417 e. The van der Waals surface area contributed by atoms with E-state index in [1.807, 2.05) is 18.2 Å². The molecule has 1 aliphatic rings. The van der Waals surface area contributed by atoms with E-state index in [1.54, 1.807) is 44.2 Å². The van der Waals surface area contributed by atoms with Gasteiger partial charge in [0, 0.05) is 31.1 Å². The van der Waals surface area contributed by atoms with Crippen molar-refractivity contribution >= 4 is 13.7 Å². The van der Waals surface area contributed by atoms with Crippen LogP contribution < -0.4 is 14.8 Å². The molecule has 2 aromatic carbocycles. The lowest BCUT2D eigenvalue weighted by atomic mass is 9.93. The number of nitrogens with one attached hydrogen (secondary N) is 1. The first-order valence-corrected chi connectivity index (χ1v) is 17.8. The zero-order chi connectivity index (χ0) is 37.1. The van der Waals surface area contributed by atoms with Crippen LogP contribution in [0.2, 0.25) is 0 Å². The minimum Gasteiger partial charge on any atom is -0.439 e. The molecule has 0 saturated carbocycles. The van der Waals surface area contributed by atoms with Gasteiger partial charge in [-0.15, -0.1) is 0 Å². The van der Waals surface area contributed by atoms with Crippen molar-refractivity contribution in [3.05, 3.63) is 113 Å². The van der Waals surface area contributed by atoms with E-state index < -0.39 is 31.1 Å². The van der Waals surface area contributed by atoms with Crippen LogP contribution >= 0.6 is 7.60 Å². The number of piperidine rings is 1. The Bertz CT molecular complexity index is 1770. The second-order valence-electron chi connectivity index (χ2n) is 11.4. The minimum absolute atomic E-state index is 0.0212. The van der Waals surface area contributed by atoms with Crippen LogP contribution in [-0.2, 0) is 32.1 Å². The maximum atomic E-state index is 12.6. The summed E-state index contributed by atoms with van der Waals surface area (Å²) in [6.07, 6.45) is -4.15. The number of ether oxygens (including phenoxy) is 2.